The third-order valence-corrected chi connectivity index (χ3v) is 7.33. The summed E-state index contributed by atoms with van der Waals surface area (Å²) in [4.78, 5) is 34.2. The molecule has 8 nitrogen and oxygen atoms in total. The summed E-state index contributed by atoms with van der Waals surface area (Å²) in [6, 6.07) is 10.8. The zero-order valence-corrected chi connectivity index (χ0v) is 19.7. The number of H-pyrrole nitrogens is 1. The Morgan fingerprint density at radius 3 is 2.48 bits per heavy atom. The molecular formula is C25H32N6O2. The van der Waals surface area contributed by atoms with E-state index in [1.807, 2.05) is 11.3 Å². The van der Waals surface area contributed by atoms with Crippen molar-refractivity contribution in [3.63, 3.8) is 0 Å². The van der Waals surface area contributed by atoms with E-state index < -0.39 is 5.69 Å². The van der Waals surface area contributed by atoms with E-state index in [1.54, 1.807) is 7.05 Å². The Bertz CT molecular complexity index is 1400. The summed E-state index contributed by atoms with van der Waals surface area (Å²) >= 11 is 0. The van der Waals surface area contributed by atoms with E-state index in [9.17, 15) is 9.59 Å². The Labute approximate surface area is 192 Å². The summed E-state index contributed by atoms with van der Waals surface area (Å²) in [7, 11) is 1.64. The van der Waals surface area contributed by atoms with Crippen molar-refractivity contribution in [3.8, 4) is 0 Å². The van der Waals surface area contributed by atoms with E-state index in [1.165, 1.54) is 29.4 Å². The number of fused-ring (bicyclic) bond motifs is 3. The molecule has 4 heterocycles. The van der Waals surface area contributed by atoms with Gasteiger partial charge in [0.15, 0.2) is 11.2 Å². The van der Waals surface area contributed by atoms with E-state index in [0.29, 0.717) is 11.2 Å². The molecule has 0 saturated carbocycles. The van der Waals surface area contributed by atoms with Crippen LogP contribution in [-0.2, 0) is 20.0 Å². The number of likely N-dealkylation sites (tertiary alicyclic amines) is 1. The van der Waals surface area contributed by atoms with Gasteiger partial charge in [0.05, 0.1) is 0 Å². The van der Waals surface area contributed by atoms with Gasteiger partial charge in [-0.3, -0.25) is 18.7 Å². The van der Waals surface area contributed by atoms with Crippen LogP contribution in [0.25, 0.3) is 16.9 Å². The second kappa shape index (κ2) is 8.67. The van der Waals surface area contributed by atoms with Crippen molar-refractivity contribution >= 4 is 16.9 Å². The van der Waals surface area contributed by atoms with Gasteiger partial charge >= 0.3 is 5.69 Å². The van der Waals surface area contributed by atoms with Crippen LogP contribution in [0, 0.1) is 19.8 Å². The van der Waals surface area contributed by atoms with Gasteiger partial charge in [-0.1, -0.05) is 30.3 Å². The molecule has 1 saturated heterocycles. The minimum atomic E-state index is -0.440. The van der Waals surface area contributed by atoms with Crippen molar-refractivity contribution in [2.45, 2.75) is 46.1 Å². The first kappa shape index (κ1) is 21.7. The number of hydrogen-bond donors (Lipinski definition) is 1. The number of nitrogens with one attached hydrogen (secondary N) is 1. The van der Waals surface area contributed by atoms with Crippen molar-refractivity contribution in [2.24, 2.45) is 13.0 Å². The zero-order chi connectivity index (χ0) is 23.1. The minimum Gasteiger partial charge on any atom is -0.314 e. The molecule has 1 aromatic carbocycles. The minimum absolute atomic E-state index is 0.390. The lowest BCUT2D eigenvalue weighted by atomic mass is 9.90. The number of aromatic nitrogens is 5. The molecule has 5 rings (SSSR count). The van der Waals surface area contributed by atoms with Gasteiger partial charge < -0.3 is 9.47 Å². The molecule has 0 spiro atoms. The maximum atomic E-state index is 12.5. The molecule has 33 heavy (non-hydrogen) atoms. The van der Waals surface area contributed by atoms with Crippen LogP contribution in [0.4, 0.5) is 0 Å². The zero-order valence-electron chi connectivity index (χ0n) is 19.7. The molecule has 8 heteroatoms. The lowest BCUT2D eigenvalue weighted by Gasteiger charge is -2.32. The smallest absolute Gasteiger partial charge is 0.314 e. The molecule has 1 aliphatic rings. The maximum Gasteiger partial charge on any atom is 0.329 e. The van der Waals surface area contributed by atoms with E-state index in [0.717, 1.165) is 55.7 Å². The molecular weight excluding hydrogens is 416 g/mol. The second-order valence-electron chi connectivity index (χ2n) is 9.39. The Morgan fingerprint density at radius 2 is 1.76 bits per heavy atom. The van der Waals surface area contributed by atoms with Crippen molar-refractivity contribution in [3.05, 3.63) is 68.1 Å². The molecule has 0 amide bonds. The van der Waals surface area contributed by atoms with Gasteiger partial charge in [-0.05, 0) is 70.6 Å². The van der Waals surface area contributed by atoms with Crippen molar-refractivity contribution < 1.29 is 0 Å². The fourth-order valence-electron chi connectivity index (χ4n) is 5.26. The number of imidazole rings is 2. The first-order valence-electron chi connectivity index (χ1n) is 11.9. The number of piperidine rings is 1. The topological polar surface area (TPSA) is 80.3 Å². The van der Waals surface area contributed by atoms with Crippen LogP contribution >= 0.6 is 0 Å². The largest absolute Gasteiger partial charge is 0.329 e. The third kappa shape index (κ3) is 3.93. The fourth-order valence-corrected chi connectivity index (χ4v) is 5.26. The highest BCUT2D eigenvalue weighted by Gasteiger charge is 2.22. The Hall–Kier alpha value is -3.13. The van der Waals surface area contributed by atoms with Gasteiger partial charge in [0.2, 0.25) is 5.78 Å². The quantitative estimate of drug-likeness (QED) is 0.492. The van der Waals surface area contributed by atoms with Crippen LogP contribution in [0.15, 0.2) is 39.9 Å². The standard InChI is InChI=1S/C25H32N6O2/c1-17-18(2)31-21-22(28(3)25(33)27-23(21)32)26-24(31)30(17)13-7-12-29-14-10-20(11-15-29)16-19-8-5-4-6-9-19/h4-6,8-9,20H,7,10-16H2,1-3H3,(H,27,32,33). The van der Waals surface area contributed by atoms with Crippen molar-refractivity contribution in [1.29, 1.82) is 0 Å². The number of aromatic amines is 1. The Morgan fingerprint density at radius 1 is 1.03 bits per heavy atom. The highest BCUT2D eigenvalue weighted by Crippen LogP contribution is 2.23. The van der Waals surface area contributed by atoms with Crippen LogP contribution in [0.3, 0.4) is 0 Å². The van der Waals surface area contributed by atoms with Crippen LogP contribution < -0.4 is 11.2 Å². The molecule has 0 aliphatic carbocycles. The summed E-state index contributed by atoms with van der Waals surface area (Å²) in [6.07, 6.45) is 4.71. The predicted molar refractivity (Wildman–Crippen MR) is 130 cm³/mol. The van der Waals surface area contributed by atoms with Crippen molar-refractivity contribution in [2.75, 3.05) is 19.6 Å². The Kier molecular flexibility index (Phi) is 5.70. The van der Waals surface area contributed by atoms with Gasteiger partial charge in [-0.25, -0.2) is 4.79 Å². The first-order valence-corrected chi connectivity index (χ1v) is 11.9. The van der Waals surface area contributed by atoms with Crippen LogP contribution in [0.2, 0.25) is 0 Å². The molecule has 3 aromatic heterocycles. The number of nitrogens with zero attached hydrogens (tertiary/aromatic N) is 5. The van der Waals surface area contributed by atoms with Gasteiger partial charge in [-0.2, -0.15) is 4.98 Å². The van der Waals surface area contributed by atoms with E-state index >= 15 is 0 Å². The van der Waals surface area contributed by atoms with E-state index in [-0.39, 0.29) is 5.56 Å². The molecule has 0 radical (unpaired) electrons. The predicted octanol–water partition coefficient (Wildman–Crippen LogP) is 2.64. The molecule has 1 fully saturated rings. The van der Waals surface area contributed by atoms with Crippen LogP contribution in [-0.4, -0.2) is 48.0 Å². The molecule has 1 N–H and O–H groups in total. The summed E-state index contributed by atoms with van der Waals surface area (Å²) in [5.41, 5.74) is 3.57. The molecule has 4 aromatic rings. The van der Waals surface area contributed by atoms with Crippen LogP contribution in [0.5, 0.6) is 0 Å². The maximum absolute atomic E-state index is 12.5. The summed E-state index contributed by atoms with van der Waals surface area (Å²) < 4.78 is 5.47. The lowest BCUT2D eigenvalue weighted by Crippen LogP contribution is -2.35. The first-order chi connectivity index (χ1) is 15.9. The normalized spacial score (nSPS) is 15.7. The van der Waals surface area contributed by atoms with Gasteiger partial charge in [-0.15, -0.1) is 0 Å². The molecule has 1 aliphatic heterocycles. The number of aryl methyl sites for hydroxylation is 3. The SMILES string of the molecule is Cc1c(C)n2c3c(=O)[nH]c(=O)n(C)c3nc2n1CCCN1CCC(Cc2ccccc2)CC1. The molecule has 0 bridgehead atoms. The lowest BCUT2D eigenvalue weighted by molar-refractivity contribution is 0.180. The van der Waals surface area contributed by atoms with Gasteiger partial charge in [0.1, 0.15) is 0 Å². The molecule has 174 valence electrons. The van der Waals surface area contributed by atoms with Gasteiger partial charge in [0.25, 0.3) is 5.56 Å². The number of rotatable bonds is 6. The van der Waals surface area contributed by atoms with E-state index in [2.05, 4.69) is 56.7 Å². The van der Waals surface area contributed by atoms with Gasteiger partial charge in [0, 0.05) is 25.0 Å². The highest BCUT2D eigenvalue weighted by atomic mass is 16.2. The summed E-state index contributed by atoms with van der Waals surface area (Å²) in [5.74, 6) is 1.51. The molecule has 0 unspecified atom stereocenters. The van der Waals surface area contributed by atoms with Crippen molar-refractivity contribution in [1.82, 2.24) is 28.4 Å². The second-order valence-corrected chi connectivity index (χ2v) is 9.39. The monoisotopic (exact) mass is 448 g/mol. The van der Waals surface area contributed by atoms with Crippen LogP contribution in [0.1, 0.15) is 36.2 Å². The molecule has 0 atom stereocenters. The fraction of sp³-hybridized carbons (Fsp3) is 0.480. The summed E-state index contributed by atoms with van der Waals surface area (Å²) in [6.45, 7) is 8.27. The average Bonchev–Trinajstić information content (AvgIpc) is 3.31. The summed E-state index contributed by atoms with van der Waals surface area (Å²) in [5, 5.41) is 0. The number of benzene rings is 1. The Balaban J connectivity index is 1.26. The average molecular weight is 449 g/mol. The number of hydrogen-bond acceptors (Lipinski definition) is 4. The third-order valence-electron chi connectivity index (χ3n) is 7.33. The highest BCUT2D eigenvalue weighted by molar-refractivity contribution is 5.76. The van der Waals surface area contributed by atoms with E-state index in [4.69, 9.17) is 0 Å².